The van der Waals surface area contributed by atoms with E-state index in [2.05, 4.69) is 9.97 Å². The smallest absolute Gasteiger partial charge is 0.317 e. The molecule has 6 nitrogen and oxygen atoms in total. The molecule has 88 valence electrons. The summed E-state index contributed by atoms with van der Waals surface area (Å²) in [5, 5.41) is 8.69. The van der Waals surface area contributed by atoms with Gasteiger partial charge in [0.25, 0.3) is 0 Å². The van der Waals surface area contributed by atoms with Gasteiger partial charge >= 0.3 is 5.97 Å². The summed E-state index contributed by atoms with van der Waals surface area (Å²) in [6.07, 6.45) is 0. The zero-order valence-corrected chi connectivity index (χ0v) is 9.86. The Morgan fingerprint density at radius 1 is 1.38 bits per heavy atom. The Hall–Kier alpha value is -1.50. The topological polar surface area (TPSA) is 115 Å². The average Bonchev–Trinajstić information content (AvgIpc) is 2.11. The summed E-state index contributed by atoms with van der Waals surface area (Å²) in [7, 11) is 0. The maximum atomic E-state index is 11.0. The molecule has 1 aromatic heterocycles. The SMILES string of the molecule is CC(C)C(Sc1nc(N)cc(N)n1)C(=O)O. The summed E-state index contributed by atoms with van der Waals surface area (Å²) in [6.45, 7) is 3.64. The predicted molar refractivity (Wildman–Crippen MR) is 63.0 cm³/mol. The van der Waals surface area contributed by atoms with Crippen molar-refractivity contribution in [3.63, 3.8) is 0 Å². The van der Waals surface area contributed by atoms with Gasteiger partial charge in [0.15, 0.2) is 5.16 Å². The van der Waals surface area contributed by atoms with E-state index >= 15 is 0 Å². The van der Waals surface area contributed by atoms with Crippen molar-refractivity contribution >= 4 is 29.4 Å². The van der Waals surface area contributed by atoms with E-state index in [1.165, 1.54) is 6.07 Å². The average molecular weight is 242 g/mol. The van der Waals surface area contributed by atoms with Crippen LogP contribution in [0, 0.1) is 5.92 Å². The summed E-state index contributed by atoms with van der Waals surface area (Å²) < 4.78 is 0. The first kappa shape index (κ1) is 12.6. The molecule has 1 rings (SSSR count). The van der Waals surface area contributed by atoms with Gasteiger partial charge in [0.2, 0.25) is 0 Å². The molecule has 5 N–H and O–H groups in total. The third kappa shape index (κ3) is 3.27. The molecule has 0 aliphatic heterocycles. The first-order valence-electron chi connectivity index (χ1n) is 4.69. The number of hydrogen-bond acceptors (Lipinski definition) is 6. The number of nitrogen functional groups attached to an aromatic ring is 2. The lowest BCUT2D eigenvalue weighted by Crippen LogP contribution is -2.22. The first-order valence-corrected chi connectivity index (χ1v) is 5.57. The van der Waals surface area contributed by atoms with Crippen molar-refractivity contribution in [1.29, 1.82) is 0 Å². The minimum absolute atomic E-state index is 0.0336. The van der Waals surface area contributed by atoms with Gasteiger partial charge in [-0.25, -0.2) is 9.97 Å². The molecular weight excluding hydrogens is 228 g/mol. The van der Waals surface area contributed by atoms with Crippen molar-refractivity contribution in [3.8, 4) is 0 Å². The first-order chi connectivity index (χ1) is 7.40. The molecule has 1 heterocycles. The van der Waals surface area contributed by atoms with Crippen LogP contribution in [-0.2, 0) is 4.79 Å². The summed E-state index contributed by atoms with van der Waals surface area (Å²) in [4.78, 5) is 18.8. The van der Waals surface area contributed by atoms with Crippen LogP contribution in [0.25, 0.3) is 0 Å². The maximum Gasteiger partial charge on any atom is 0.317 e. The van der Waals surface area contributed by atoms with Gasteiger partial charge in [-0.2, -0.15) is 0 Å². The van der Waals surface area contributed by atoms with Crippen molar-refractivity contribution in [2.75, 3.05) is 11.5 Å². The molecule has 0 aliphatic carbocycles. The van der Waals surface area contributed by atoms with E-state index in [4.69, 9.17) is 16.6 Å². The molecule has 0 amide bonds. The monoisotopic (exact) mass is 242 g/mol. The van der Waals surface area contributed by atoms with Crippen molar-refractivity contribution in [2.45, 2.75) is 24.3 Å². The van der Waals surface area contributed by atoms with Crippen LogP contribution in [-0.4, -0.2) is 26.3 Å². The molecule has 0 spiro atoms. The van der Waals surface area contributed by atoms with Crippen LogP contribution >= 0.6 is 11.8 Å². The van der Waals surface area contributed by atoms with Gasteiger partial charge in [-0.15, -0.1) is 0 Å². The number of nitrogens with zero attached hydrogens (tertiary/aromatic N) is 2. The Morgan fingerprint density at radius 2 is 1.88 bits per heavy atom. The zero-order valence-electron chi connectivity index (χ0n) is 9.04. The van der Waals surface area contributed by atoms with E-state index in [1.807, 2.05) is 13.8 Å². The minimum Gasteiger partial charge on any atom is -0.480 e. The zero-order chi connectivity index (χ0) is 12.3. The summed E-state index contributed by atoms with van der Waals surface area (Å²) in [5.74, 6) is -0.454. The molecule has 1 unspecified atom stereocenters. The fourth-order valence-corrected chi connectivity index (χ4v) is 2.02. The molecule has 0 fully saturated rings. The van der Waals surface area contributed by atoms with Gasteiger partial charge < -0.3 is 16.6 Å². The van der Waals surface area contributed by atoms with Crippen LogP contribution in [0.2, 0.25) is 0 Å². The lowest BCUT2D eigenvalue weighted by atomic mass is 10.1. The number of nitrogens with two attached hydrogens (primary N) is 2. The van der Waals surface area contributed by atoms with E-state index in [-0.39, 0.29) is 17.6 Å². The van der Waals surface area contributed by atoms with Crippen molar-refractivity contribution in [3.05, 3.63) is 6.07 Å². The second kappa shape index (κ2) is 5.02. The van der Waals surface area contributed by atoms with Crippen LogP contribution in [0.15, 0.2) is 11.2 Å². The van der Waals surface area contributed by atoms with E-state index < -0.39 is 11.2 Å². The number of aliphatic carboxylic acids is 1. The highest BCUT2D eigenvalue weighted by atomic mass is 32.2. The molecule has 0 aromatic carbocycles. The third-order valence-electron chi connectivity index (χ3n) is 1.83. The molecule has 0 saturated heterocycles. The largest absolute Gasteiger partial charge is 0.480 e. The lowest BCUT2D eigenvalue weighted by molar-refractivity contribution is -0.137. The highest BCUT2D eigenvalue weighted by Gasteiger charge is 2.24. The number of rotatable bonds is 4. The molecule has 0 saturated carbocycles. The van der Waals surface area contributed by atoms with Crippen molar-refractivity contribution < 1.29 is 9.90 Å². The van der Waals surface area contributed by atoms with Crippen LogP contribution in [0.5, 0.6) is 0 Å². The van der Waals surface area contributed by atoms with Crippen molar-refractivity contribution in [1.82, 2.24) is 9.97 Å². The Morgan fingerprint density at radius 3 is 2.25 bits per heavy atom. The lowest BCUT2D eigenvalue weighted by Gasteiger charge is -2.14. The van der Waals surface area contributed by atoms with Crippen LogP contribution < -0.4 is 11.5 Å². The molecular formula is C9H14N4O2S. The number of carboxylic acids is 1. The molecule has 0 bridgehead atoms. The quantitative estimate of drug-likeness (QED) is 0.529. The van der Waals surface area contributed by atoms with Gasteiger partial charge in [-0.3, -0.25) is 4.79 Å². The normalized spacial score (nSPS) is 12.7. The van der Waals surface area contributed by atoms with Gasteiger partial charge in [0, 0.05) is 6.07 Å². The molecule has 7 heteroatoms. The second-order valence-electron chi connectivity index (χ2n) is 3.62. The molecule has 0 aliphatic rings. The highest BCUT2D eigenvalue weighted by molar-refractivity contribution is 8.00. The van der Waals surface area contributed by atoms with Gasteiger partial charge in [-0.1, -0.05) is 25.6 Å². The molecule has 1 aromatic rings. The van der Waals surface area contributed by atoms with Crippen LogP contribution in [0.1, 0.15) is 13.8 Å². The van der Waals surface area contributed by atoms with Crippen molar-refractivity contribution in [2.24, 2.45) is 5.92 Å². The number of aromatic nitrogens is 2. The summed E-state index contributed by atoms with van der Waals surface area (Å²) in [5.41, 5.74) is 11.0. The molecule has 1 atom stereocenters. The standard InChI is InChI=1S/C9H14N4O2S/c1-4(2)7(8(14)15)16-9-12-5(10)3-6(11)13-9/h3-4,7H,1-2H3,(H,14,15)(H4,10,11,12,13). The van der Waals surface area contributed by atoms with Gasteiger partial charge in [-0.05, 0) is 5.92 Å². The fourth-order valence-electron chi connectivity index (χ4n) is 1.10. The Kier molecular flexibility index (Phi) is 3.94. The Bertz CT molecular complexity index is 377. The summed E-state index contributed by atoms with van der Waals surface area (Å²) >= 11 is 1.05. The number of carbonyl (C=O) groups is 1. The summed E-state index contributed by atoms with van der Waals surface area (Å²) in [6, 6.07) is 1.43. The third-order valence-corrected chi connectivity index (χ3v) is 3.22. The predicted octanol–water partition coefficient (Wildman–Crippen LogP) is 0.842. The van der Waals surface area contributed by atoms with E-state index in [0.717, 1.165) is 11.8 Å². The number of carboxylic acid groups (broad SMARTS) is 1. The number of anilines is 2. The van der Waals surface area contributed by atoms with Gasteiger partial charge in [0.1, 0.15) is 16.9 Å². The molecule has 0 radical (unpaired) electrons. The van der Waals surface area contributed by atoms with E-state index in [1.54, 1.807) is 0 Å². The Balaban J connectivity index is 2.89. The fraction of sp³-hybridized carbons (Fsp3) is 0.444. The highest BCUT2D eigenvalue weighted by Crippen LogP contribution is 2.26. The Labute approximate surface area is 97.5 Å². The van der Waals surface area contributed by atoms with Gasteiger partial charge in [0.05, 0.1) is 0 Å². The molecule has 16 heavy (non-hydrogen) atoms. The maximum absolute atomic E-state index is 11.0. The van der Waals surface area contributed by atoms with E-state index in [0.29, 0.717) is 5.16 Å². The van der Waals surface area contributed by atoms with Crippen LogP contribution in [0.4, 0.5) is 11.6 Å². The number of hydrogen-bond donors (Lipinski definition) is 3. The number of thioether (sulfide) groups is 1. The second-order valence-corrected chi connectivity index (χ2v) is 4.73. The minimum atomic E-state index is -0.899. The van der Waals surface area contributed by atoms with Crippen LogP contribution in [0.3, 0.4) is 0 Å². The van der Waals surface area contributed by atoms with E-state index in [9.17, 15) is 4.79 Å².